The number of amides is 1. The van der Waals surface area contributed by atoms with Crippen LogP contribution in [0.1, 0.15) is 24.1 Å². The summed E-state index contributed by atoms with van der Waals surface area (Å²) in [6.07, 6.45) is 2.03. The van der Waals surface area contributed by atoms with E-state index >= 15 is 0 Å². The SMILES string of the molecule is CC(c1c[nH]c(=O)c2cc(F)c(F)cc12)N(C)C(=O)[C@@H]1Cc2ccccc2N1. The molecule has 7 heteroatoms. The lowest BCUT2D eigenvalue weighted by atomic mass is 10.0. The number of anilines is 1. The smallest absolute Gasteiger partial charge is 0.255 e. The Labute approximate surface area is 160 Å². The van der Waals surface area contributed by atoms with E-state index in [-0.39, 0.29) is 16.7 Å². The first-order valence-corrected chi connectivity index (χ1v) is 8.98. The number of carbonyl (C=O) groups excluding carboxylic acids is 1. The summed E-state index contributed by atoms with van der Waals surface area (Å²) in [5, 5.41) is 3.57. The first-order chi connectivity index (χ1) is 13.4. The van der Waals surface area contributed by atoms with Gasteiger partial charge in [0.1, 0.15) is 6.04 Å². The van der Waals surface area contributed by atoms with Crippen LogP contribution in [0, 0.1) is 11.6 Å². The highest BCUT2D eigenvalue weighted by Gasteiger charge is 2.31. The van der Waals surface area contributed by atoms with E-state index in [0.29, 0.717) is 12.0 Å². The van der Waals surface area contributed by atoms with Crippen LogP contribution in [0.5, 0.6) is 0 Å². The molecule has 28 heavy (non-hydrogen) atoms. The largest absolute Gasteiger partial charge is 0.373 e. The summed E-state index contributed by atoms with van der Waals surface area (Å²) < 4.78 is 27.4. The van der Waals surface area contributed by atoms with E-state index in [4.69, 9.17) is 0 Å². The molecule has 2 heterocycles. The van der Waals surface area contributed by atoms with Gasteiger partial charge in [-0.3, -0.25) is 9.59 Å². The van der Waals surface area contributed by atoms with E-state index in [1.165, 1.54) is 6.20 Å². The molecule has 1 aliphatic heterocycles. The molecule has 0 spiro atoms. The van der Waals surface area contributed by atoms with Gasteiger partial charge in [-0.1, -0.05) is 18.2 Å². The fourth-order valence-electron chi connectivity index (χ4n) is 3.71. The van der Waals surface area contributed by atoms with Crippen molar-refractivity contribution in [3.8, 4) is 0 Å². The number of para-hydroxylation sites is 1. The Morgan fingerprint density at radius 1 is 1.18 bits per heavy atom. The minimum atomic E-state index is -1.08. The molecule has 5 nitrogen and oxygen atoms in total. The van der Waals surface area contributed by atoms with Gasteiger partial charge >= 0.3 is 0 Å². The van der Waals surface area contributed by atoms with Crippen molar-refractivity contribution in [3.63, 3.8) is 0 Å². The minimum absolute atomic E-state index is 0.0514. The minimum Gasteiger partial charge on any atom is -0.373 e. The number of pyridine rings is 1. The third-order valence-corrected chi connectivity index (χ3v) is 5.42. The van der Waals surface area contributed by atoms with E-state index in [0.717, 1.165) is 23.4 Å². The number of hydrogen-bond acceptors (Lipinski definition) is 3. The molecule has 0 saturated carbocycles. The molecule has 2 atom stereocenters. The van der Waals surface area contributed by atoms with Crippen LogP contribution in [0.3, 0.4) is 0 Å². The van der Waals surface area contributed by atoms with Crippen molar-refractivity contribution < 1.29 is 13.6 Å². The Bertz CT molecular complexity index is 1120. The number of fused-ring (bicyclic) bond motifs is 2. The van der Waals surface area contributed by atoms with Gasteiger partial charge in [-0.2, -0.15) is 0 Å². The van der Waals surface area contributed by atoms with Crippen LogP contribution < -0.4 is 10.9 Å². The highest BCUT2D eigenvalue weighted by Crippen LogP contribution is 2.30. The summed E-state index contributed by atoms with van der Waals surface area (Å²) in [5.74, 6) is -2.24. The number of hydrogen-bond donors (Lipinski definition) is 2. The summed E-state index contributed by atoms with van der Waals surface area (Å²) in [6, 6.07) is 8.79. The number of nitrogens with zero attached hydrogens (tertiary/aromatic N) is 1. The summed E-state index contributed by atoms with van der Waals surface area (Å²) in [6.45, 7) is 1.79. The van der Waals surface area contributed by atoms with Gasteiger partial charge in [0.05, 0.1) is 11.4 Å². The maximum absolute atomic E-state index is 13.8. The number of H-pyrrole nitrogens is 1. The molecule has 3 aromatic rings. The fourth-order valence-corrected chi connectivity index (χ4v) is 3.71. The molecule has 0 fully saturated rings. The van der Waals surface area contributed by atoms with E-state index in [2.05, 4.69) is 10.3 Å². The van der Waals surface area contributed by atoms with Crippen LogP contribution in [0.25, 0.3) is 10.8 Å². The zero-order valence-corrected chi connectivity index (χ0v) is 15.4. The molecular formula is C21H19F2N3O2. The third-order valence-electron chi connectivity index (χ3n) is 5.42. The maximum Gasteiger partial charge on any atom is 0.255 e. The third kappa shape index (κ3) is 2.93. The summed E-state index contributed by atoms with van der Waals surface area (Å²) in [4.78, 5) is 29.1. The second-order valence-corrected chi connectivity index (χ2v) is 7.07. The van der Waals surface area contributed by atoms with E-state index in [1.807, 2.05) is 24.3 Å². The Balaban J connectivity index is 1.65. The number of halogens is 2. The predicted octanol–water partition coefficient (Wildman–Crippen LogP) is 3.36. The van der Waals surface area contributed by atoms with Gasteiger partial charge in [-0.05, 0) is 41.6 Å². The van der Waals surface area contributed by atoms with Crippen LogP contribution in [0.2, 0.25) is 0 Å². The summed E-state index contributed by atoms with van der Waals surface area (Å²) >= 11 is 0. The van der Waals surface area contributed by atoms with Crippen molar-refractivity contribution >= 4 is 22.4 Å². The molecule has 2 N–H and O–H groups in total. The van der Waals surface area contributed by atoms with Gasteiger partial charge in [0.2, 0.25) is 5.91 Å². The van der Waals surface area contributed by atoms with Crippen molar-refractivity contribution in [2.75, 3.05) is 12.4 Å². The van der Waals surface area contributed by atoms with Gasteiger partial charge < -0.3 is 15.2 Å². The van der Waals surface area contributed by atoms with Crippen molar-refractivity contribution in [2.24, 2.45) is 0 Å². The molecule has 1 aliphatic rings. The number of rotatable bonds is 3. The molecule has 0 aliphatic carbocycles. The van der Waals surface area contributed by atoms with Crippen molar-refractivity contribution in [1.82, 2.24) is 9.88 Å². The number of aromatic amines is 1. The topological polar surface area (TPSA) is 65.2 Å². The molecular weight excluding hydrogens is 364 g/mol. The molecule has 2 aromatic carbocycles. The van der Waals surface area contributed by atoms with Crippen LogP contribution >= 0.6 is 0 Å². The van der Waals surface area contributed by atoms with E-state index < -0.39 is 29.3 Å². The number of benzene rings is 2. The lowest BCUT2D eigenvalue weighted by Crippen LogP contribution is -2.41. The first-order valence-electron chi connectivity index (χ1n) is 8.98. The molecule has 144 valence electrons. The van der Waals surface area contributed by atoms with E-state index in [1.54, 1.807) is 18.9 Å². The lowest BCUT2D eigenvalue weighted by molar-refractivity contribution is -0.132. The van der Waals surface area contributed by atoms with Gasteiger partial charge in [0, 0.05) is 25.4 Å². The highest BCUT2D eigenvalue weighted by atomic mass is 19.2. The average Bonchev–Trinajstić information content (AvgIpc) is 3.12. The number of likely N-dealkylation sites (N-methyl/N-ethyl adjacent to an activating group) is 1. The fraction of sp³-hybridized carbons (Fsp3) is 0.238. The standard InChI is InChI=1S/C21H19F2N3O2/c1-11(15-10-24-20(27)14-9-17(23)16(22)8-13(14)15)26(2)21(28)19-7-12-5-3-4-6-18(12)25-19/h3-6,8-11,19,25H,7H2,1-2H3,(H,24,27)/t11?,19-/m0/s1. The Hall–Kier alpha value is -3.22. The molecule has 1 amide bonds. The zero-order valence-electron chi connectivity index (χ0n) is 15.4. The zero-order chi connectivity index (χ0) is 20.0. The van der Waals surface area contributed by atoms with Crippen LogP contribution in [0.4, 0.5) is 14.5 Å². The van der Waals surface area contributed by atoms with Crippen molar-refractivity contribution in [3.05, 3.63) is 75.7 Å². The number of nitrogens with one attached hydrogen (secondary N) is 2. The lowest BCUT2D eigenvalue weighted by Gasteiger charge is -2.28. The normalized spacial score (nSPS) is 16.5. The molecule has 0 saturated heterocycles. The van der Waals surface area contributed by atoms with E-state index in [9.17, 15) is 18.4 Å². The van der Waals surface area contributed by atoms with Gasteiger partial charge in [-0.15, -0.1) is 0 Å². The van der Waals surface area contributed by atoms with Gasteiger partial charge in [0.15, 0.2) is 11.6 Å². The predicted molar refractivity (Wildman–Crippen MR) is 103 cm³/mol. The molecule has 4 rings (SSSR count). The summed E-state index contributed by atoms with van der Waals surface area (Å²) in [5.41, 5.74) is 2.05. The van der Waals surface area contributed by atoms with Gasteiger partial charge in [-0.25, -0.2) is 8.78 Å². The maximum atomic E-state index is 13.8. The van der Waals surface area contributed by atoms with Crippen molar-refractivity contribution in [1.29, 1.82) is 0 Å². The van der Waals surface area contributed by atoms with Crippen LogP contribution in [-0.2, 0) is 11.2 Å². The Morgan fingerprint density at radius 3 is 2.57 bits per heavy atom. The molecule has 1 aromatic heterocycles. The van der Waals surface area contributed by atoms with Gasteiger partial charge in [0.25, 0.3) is 5.56 Å². The Kier molecular flexibility index (Phi) is 4.37. The van der Waals surface area contributed by atoms with Crippen LogP contribution in [0.15, 0.2) is 47.4 Å². The quantitative estimate of drug-likeness (QED) is 0.729. The molecule has 0 radical (unpaired) electrons. The summed E-state index contributed by atoms with van der Waals surface area (Å²) in [7, 11) is 1.66. The second kappa shape index (κ2) is 6.74. The molecule has 0 bridgehead atoms. The second-order valence-electron chi connectivity index (χ2n) is 7.07. The number of carbonyl (C=O) groups is 1. The molecule has 1 unspecified atom stereocenters. The average molecular weight is 383 g/mol. The highest BCUT2D eigenvalue weighted by molar-refractivity contribution is 5.89. The van der Waals surface area contributed by atoms with Crippen molar-refractivity contribution in [2.45, 2.75) is 25.4 Å². The Morgan fingerprint density at radius 2 is 1.86 bits per heavy atom. The first kappa shape index (κ1) is 18.2. The van der Waals surface area contributed by atoms with Crippen LogP contribution in [-0.4, -0.2) is 28.9 Å². The monoisotopic (exact) mass is 383 g/mol. The number of aromatic nitrogens is 1.